The van der Waals surface area contributed by atoms with E-state index in [1.165, 1.54) is 6.21 Å². The van der Waals surface area contributed by atoms with Gasteiger partial charge in [0.2, 0.25) is 6.10 Å². The average molecular weight is 460 g/mol. The van der Waals surface area contributed by atoms with Crippen LogP contribution in [-0.4, -0.2) is 37.3 Å². The van der Waals surface area contributed by atoms with Crippen molar-refractivity contribution in [3.05, 3.63) is 90.0 Å². The van der Waals surface area contributed by atoms with Gasteiger partial charge in [-0.1, -0.05) is 42.5 Å². The minimum Gasteiger partial charge on any atom is -0.485 e. The lowest BCUT2D eigenvalue weighted by molar-refractivity contribution is -0.130. The van der Waals surface area contributed by atoms with Crippen molar-refractivity contribution in [3.63, 3.8) is 0 Å². The molecule has 0 unspecified atom stereocenters. The molecule has 0 bridgehead atoms. The van der Waals surface area contributed by atoms with Crippen molar-refractivity contribution in [2.24, 2.45) is 5.10 Å². The zero-order chi connectivity index (χ0) is 23.8. The predicted octanol–water partition coefficient (Wildman–Crippen LogP) is 3.23. The zero-order valence-corrected chi connectivity index (χ0v) is 18.6. The van der Waals surface area contributed by atoms with Gasteiger partial charge in [-0.3, -0.25) is 9.59 Å². The zero-order valence-electron chi connectivity index (χ0n) is 18.6. The van der Waals surface area contributed by atoms with Crippen LogP contribution in [0.15, 0.2) is 84.0 Å². The number of benzene rings is 3. The molecule has 174 valence electrons. The summed E-state index contributed by atoms with van der Waals surface area (Å²) in [5, 5.41) is 6.88. The van der Waals surface area contributed by atoms with E-state index in [9.17, 15) is 9.59 Å². The molecule has 1 aliphatic rings. The molecule has 3 aromatic carbocycles. The summed E-state index contributed by atoms with van der Waals surface area (Å²) in [7, 11) is 0. The Labute approximate surface area is 197 Å². The van der Waals surface area contributed by atoms with Crippen molar-refractivity contribution in [1.82, 2.24) is 10.7 Å². The maximum Gasteiger partial charge on any atom is 0.284 e. The average Bonchev–Trinajstić information content (AvgIpc) is 2.88. The Morgan fingerprint density at radius 2 is 1.74 bits per heavy atom. The number of carbonyl (C=O) groups is 2. The number of hydrazone groups is 1. The number of nitrogens with one attached hydrogen (secondary N) is 2. The van der Waals surface area contributed by atoms with Crippen LogP contribution in [0.3, 0.4) is 0 Å². The molecular formula is C26H25N3O5. The Bertz CT molecular complexity index is 1150. The molecule has 2 amide bonds. The van der Waals surface area contributed by atoms with Crippen LogP contribution in [0.5, 0.6) is 17.2 Å². The fourth-order valence-electron chi connectivity index (χ4n) is 3.30. The van der Waals surface area contributed by atoms with E-state index in [0.29, 0.717) is 17.2 Å². The Morgan fingerprint density at radius 3 is 2.50 bits per heavy atom. The molecule has 0 aromatic heterocycles. The van der Waals surface area contributed by atoms with E-state index in [2.05, 4.69) is 15.8 Å². The van der Waals surface area contributed by atoms with E-state index in [4.69, 9.17) is 14.2 Å². The third-order valence-corrected chi connectivity index (χ3v) is 5.12. The van der Waals surface area contributed by atoms with Gasteiger partial charge in [-0.2, -0.15) is 5.10 Å². The van der Waals surface area contributed by atoms with Gasteiger partial charge in [-0.05, 0) is 54.4 Å². The lowest BCUT2D eigenvalue weighted by atomic mass is 10.1. The lowest BCUT2D eigenvalue weighted by Crippen LogP contribution is -2.42. The molecule has 0 aliphatic carbocycles. The molecule has 4 rings (SSSR count). The van der Waals surface area contributed by atoms with E-state index in [1.54, 1.807) is 36.4 Å². The summed E-state index contributed by atoms with van der Waals surface area (Å²) in [5.74, 6) is 1.08. The topological polar surface area (TPSA) is 98.2 Å². The summed E-state index contributed by atoms with van der Waals surface area (Å²) in [6.45, 7) is 1.95. The molecule has 0 radical (unpaired) electrons. The third kappa shape index (κ3) is 6.13. The number of hydrogen-bond donors (Lipinski definition) is 2. The highest BCUT2D eigenvalue weighted by molar-refractivity contribution is 5.85. The number of hydrogen-bond acceptors (Lipinski definition) is 6. The number of rotatable bonds is 8. The first-order valence-corrected chi connectivity index (χ1v) is 10.9. The molecule has 1 aliphatic heterocycles. The summed E-state index contributed by atoms with van der Waals surface area (Å²) in [6.07, 6.45) is 0.728. The van der Waals surface area contributed by atoms with Crippen molar-refractivity contribution in [3.8, 4) is 17.2 Å². The Kier molecular flexibility index (Phi) is 7.39. The van der Waals surface area contributed by atoms with Crippen molar-refractivity contribution < 1.29 is 23.8 Å². The number of ether oxygens (including phenoxy) is 3. The minimum atomic E-state index is -0.779. The Hall–Kier alpha value is -4.33. The molecule has 0 saturated heterocycles. The summed E-state index contributed by atoms with van der Waals surface area (Å²) in [4.78, 5) is 24.4. The SMILES string of the molecule is C[C@H](NC(=O)COc1ccc(/C=N\NC(=O)[C@@H]2COc3ccccc3O2)cc1)c1ccccc1. The number of nitrogens with zero attached hydrogens (tertiary/aromatic N) is 1. The van der Waals surface area contributed by atoms with Crippen molar-refractivity contribution >= 4 is 18.0 Å². The van der Waals surface area contributed by atoms with Gasteiger partial charge in [-0.25, -0.2) is 5.43 Å². The van der Waals surface area contributed by atoms with E-state index in [0.717, 1.165) is 11.1 Å². The quantitative estimate of drug-likeness (QED) is 0.398. The fourth-order valence-corrected chi connectivity index (χ4v) is 3.30. The summed E-state index contributed by atoms with van der Waals surface area (Å²) in [6, 6.07) is 23.8. The highest BCUT2D eigenvalue weighted by Gasteiger charge is 2.26. The monoisotopic (exact) mass is 459 g/mol. The number of carbonyl (C=O) groups excluding carboxylic acids is 2. The largest absolute Gasteiger partial charge is 0.485 e. The van der Waals surface area contributed by atoms with Gasteiger partial charge in [-0.15, -0.1) is 0 Å². The second kappa shape index (κ2) is 11.0. The highest BCUT2D eigenvalue weighted by Crippen LogP contribution is 2.30. The van der Waals surface area contributed by atoms with Crippen LogP contribution in [-0.2, 0) is 9.59 Å². The first kappa shape index (κ1) is 22.8. The summed E-state index contributed by atoms with van der Waals surface area (Å²) >= 11 is 0. The first-order valence-electron chi connectivity index (χ1n) is 10.9. The molecule has 0 saturated carbocycles. The molecule has 34 heavy (non-hydrogen) atoms. The molecule has 3 aromatic rings. The molecule has 2 N–H and O–H groups in total. The molecule has 8 heteroatoms. The summed E-state index contributed by atoms with van der Waals surface area (Å²) in [5.41, 5.74) is 4.24. The normalized spacial score (nSPS) is 15.4. The van der Waals surface area contributed by atoms with Gasteiger partial charge in [0.25, 0.3) is 11.8 Å². The number of para-hydroxylation sites is 2. The van der Waals surface area contributed by atoms with E-state index < -0.39 is 12.0 Å². The predicted molar refractivity (Wildman–Crippen MR) is 127 cm³/mol. The van der Waals surface area contributed by atoms with Crippen molar-refractivity contribution in [1.29, 1.82) is 0 Å². The van der Waals surface area contributed by atoms with Crippen LogP contribution >= 0.6 is 0 Å². The van der Waals surface area contributed by atoms with Gasteiger partial charge in [0.05, 0.1) is 12.3 Å². The van der Waals surface area contributed by atoms with Crippen molar-refractivity contribution in [2.45, 2.75) is 19.1 Å². The van der Waals surface area contributed by atoms with Crippen LogP contribution in [0.1, 0.15) is 24.1 Å². The van der Waals surface area contributed by atoms with E-state index in [1.807, 2.05) is 49.4 Å². The van der Waals surface area contributed by atoms with E-state index >= 15 is 0 Å². The summed E-state index contributed by atoms with van der Waals surface area (Å²) < 4.78 is 16.7. The van der Waals surface area contributed by atoms with Crippen LogP contribution in [0, 0.1) is 0 Å². The molecule has 0 fully saturated rings. The van der Waals surface area contributed by atoms with Gasteiger partial charge in [0.15, 0.2) is 18.1 Å². The second-order valence-electron chi connectivity index (χ2n) is 7.66. The van der Waals surface area contributed by atoms with Crippen LogP contribution in [0.2, 0.25) is 0 Å². The van der Waals surface area contributed by atoms with Gasteiger partial charge in [0, 0.05) is 0 Å². The van der Waals surface area contributed by atoms with Gasteiger partial charge in [0.1, 0.15) is 12.4 Å². The van der Waals surface area contributed by atoms with Crippen LogP contribution in [0.25, 0.3) is 0 Å². The minimum absolute atomic E-state index is 0.0900. The fraction of sp³-hybridized carbons (Fsp3) is 0.192. The highest BCUT2D eigenvalue weighted by atomic mass is 16.6. The van der Waals surface area contributed by atoms with E-state index in [-0.39, 0.29) is 25.2 Å². The van der Waals surface area contributed by atoms with Crippen LogP contribution < -0.4 is 25.0 Å². The molecular weight excluding hydrogens is 434 g/mol. The Balaban J connectivity index is 1.20. The maximum absolute atomic E-state index is 12.3. The molecule has 0 spiro atoms. The number of amides is 2. The lowest BCUT2D eigenvalue weighted by Gasteiger charge is -2.24. The van der Waals surface area contributed by atoms with Gasteiger partial charge < -0.3 is 19.5 Å². The van der Waals surface area contributed by atoms with Crippen LogP contribution in [0.4, 0.5) is 0 Å². The second-order valence-corrected chi connectivity index (χ2v) is 7.66. The first-order chi connectivity index (χ1) is 16.6. The molecule has 1 heterocycles. The molecule has 8 nitrogen and oxygen atoms in total. The third-order valence-electron chi connectivity index (χ3n) is 5.12. The maximum atomic E-state index is 12.3. The molecule has 2 atom stereocenters. The van der Waals surface area contributed by atoms with Gasteiger partial charge >= 0.3 is 0 Å². The number of fused-ring (bicyclic) bond motifs is 1. The smallest absolute Gasteiger partial charge is 0.284 e. The van der Waals surface area contributed by atoms with Crippen molar-refractivity contribution in [2.75, 3.05) is 13.2 Å². The standard InChI is InChI=1S/C26H25N3O5/c1-18(20-7-3-2-4-8-20)28-25(30)17-32-21-13-11-19(12-14-21)15-27-29-26(31)24-16-33-22-9-5-6-10-23(22)34-24/h2-15,18,24H,16-17H2,1H3,(H,28,30)(H,29,31)/b27-15-/t18-,24-/m0/s1. The Morgan fingerprint density at radius 1 is 1.03 bits per heavy atom.